The van der Waals surface area contributed by atoms with Crippen molar-refractivity contribution in [1.29, 1.82) is 0 Å². The van der Waals surface area contributed by atoms with Crippen molar-refractivity contribution < 1.29 is 4.39 Å². The van der Waals surface area contributed by atoms with Crippen molar-refractivity contribution in [3.05, 3.63) is 34.6 Å². The minimum absolute atomic E-state index is 0. The molecular formula is C14H24Cl3FN2. The van der Waals surface area contributed by atoms with Crippen molar-refractivity contribution in [3.8, 4) is 0 Å². The molecule has 0 radical (unpaired) electrons. The highest BCUT2D eigenvalue weighted by atomic mass is 35.5. The zero-order valence-corrected chi connectivity index (χ0v) is 14.4. The summed E-state index contributed by atoms with van der Waals surface area (Å²) in [4.78, 5) is 2.37. The van der Waals surface area contributed by atoms with Crippen LogP contribution in [-0.4, -0.2) is 31.1 Å². The molecule has 0 heterocycles. The Morgan fingerprint density at radius 2 is 1.85 bits per heavy atom. The van der Waals surface area contributed by atoms with Crippen LogP contribution in [0.25, 0.3) is 0 Å². The van der Waals surface area contributed by atoms with Crippen LogP contribution in [0.3, 0.4) is 0 Å². The van der Waals surface area contributed by atoms with Crippen LogP contribution in [0, 0.1) is 5.82 Å². The molecule has 0 fully saturated rings. The molecule has 0 saturated heterocycles. The fraction of sp³-hybridized carbons (Fsp3) is 0.571. The molecule has 0 aliphatic rings. The second kappa shape index (κ2) is 12.7. The van der Waals surface area contributed by atoms with E-state index in [1.54, 1.807) is 12.1 Å². The summed E-state index contributed by atoms with van der Waals surface area (Å²) in [5, 5.41) is 3.73. The number of rotatable bonds is 8. The lowest BCUT2D eigenvalue weighted by Crippen LogP contribution is -2.27. The fourth-order valence-corrected chi connectivity index (χ4v) is 2.11. The van der Waals surface area contributed by atoms with Gasteiger partial charge in [0.15, 0.2) is 0 Å². The standard InChI is InChI=1S/C14H22ClFN2.2ClH/c1-3-18(4-2)10-6-9-17-11-12-13(15)7-5-8-14(12)16;;/h5,7-8,17H,3-4,6,9-11H2,1-2H3;2*1H. The molecular weight excluding hydrogens is 322 g/mol. The molecule has 0 spiro atoms. The Balaban J connectivity index is 0. The molecule has 0 saturated carbocycles. The molecule has 0 aliphatic heterocycles. The van der Waals surface area contributed by atoms with Gasteiger partial charge >= 0.3 is 0 Å². The van der Waals surface area contributed by atoms with Gasteiger partial charge in [-0.3, -0.25) is 0 Å². The molecule has 20 heavy (non-hydrogen) atoms. The molecule has 1 aromatic rings. The fourth-order valence-electron chi connectivity index (χ4n) is 1.88. The normalized spacial score (nSPS) is 10.1. The first-order chi connectivity index (χ1) is 8.69. The van der Waals surface area contributed by atoms with Crippen LogP contribution >= 0.6 is 36.4 Å². The van der Waals surface area contributed by atoms with Gasteiger partial charge in [0.1, 0.15) is 5.82 Å². The summed E-state index contributed by atoms with van der Waals surface area (Å²) in [6, 6.07) is 4.79. The minimum Gasteiger partial charge on any atom is -0.312 e. The topological polar surface area (TPSA) is 15.3 Å². The van der Waals surface area contributed by atoms with Crippen LogP contribution < -0.4 is 5.32 Å². The smallest absolute Gasteiger partial charge is 0.129 e. The van der Waals surface area contributed by atoms with Gasteiger partial charge in [-0.25, -0.2) is 4.39 Å². The molecule has 1 rings (SSSR count). The lowest BCUT2D eigenvalue weighted by atomic mass is 10.2. The number of benzene rings is 1. The van der Waals surface area contributed by atoms with Gasteiger partial charge in [0.2, 0.25) is 0 Å². The van der Waals surface area contributed by atoms with Crippen LogP contribution in [-0.2, 0) is 6.54 Å². The Morgan fingerprint density at radius 3 is 2.40 bits per heavy atom. The van der Waals surface area contributed by atoms with Gasteiger partial charge in [0.05, 0.1) is 0 Å². The summed E-state index contributed by atoms with van der Waals surface area (Å²) in [7, 11) is 0. The highest BCUT2D eigenvalue weighted by Gasteiger charge is 2.05. The third kappa shape index (κ3) is 7.65. The summed E-state index contributed by atoms with van der Waals surface area (Å²) in [6.07, 6.45) is 1.06. The Hall–Kier alpha value is -0.0600. The van der Waals surface area contributed by atoms with E-state index in [1.165, 1.54) is 6.07 Å². The maximum absolute atomic E-state index is 13.5. The molecule has 0 aromatic heterocycles. The highest BCUT2D eigenvalue weighted by molar-refractivity contribution is 6.31. The number of halogens is 4. The molecule has 6 heteroatoms. The third-order valence-corrected chi connectivity index (χ3v) is 3.44. The molecule has 0 amide bonds. The predicted octanol–water partition coefficient (Wildman–Crippen LogP) is 4.14. The van der Waals surface area contributed by atoms with Crippen molar-refractivity contribution in [1.82, 2.24) is 10.2 Å². The van der Waals surface area contributed by atoms with Gasteiger partial charge in [0, 0.05) is 17.1 Å². The van der Waals surface area contributed by atoms with Crippen molar-refractivity contribution in [2.24, 2.45) is 0 Å². The summed E-state index contributed by atoms with van der Waals surface area (Å²) >= 11 is 5.95. The number of hydrogen-bond acceptors (Lipinski definition) is 2. The van der Waals surface area contributed by atoms with E-state index in [4.69, 9.17) is 11.6 Å². The predicted molar refractivity (Wildman–Crippen MR) is 90.0 cm³/mol. The molecule has 2 nitrogen and oxygen atoms in total. The SMILES string of the molecule is CCN(CC)CCCNCc1c(F)cccc1Cl.Cl.Cl. The van der Waals surface area contributed by atoms with E-state index in [0.29, 0.717) is 17.1 Å². The van der Waals surface area contributed by atoms with E-state index < -0.39 is 0 Å². The van der Waals surface area contributed by atoms with Crippen molar-refractivity contribution in [3.63, 3.8) is 0 Å². The Kier molecular flexibility index (Phi) is 14.1. The monoisotopic (exact) mass is 344 g/mol. The van der Waals surface area contributed by atoms with Gasteiger partial charge in [-0.05, 0) is 44.7 Å². The average Bonchev–Trinajstić information content (AvgIpc) is 2.37. The van der Waals surface area contributed by atoms with Crippen molar-refractivity contribution >= 4 is 36.4 Å². The molecule has 1 N–H and O–H groups in total. The molecule has 0 unspecified atom stereocenters. The van der Waals surface area contributed by atoms with Crippen LogP contribution in [0.15, 0.2) is 18.2 Å². The van der Waals surface area contributed by atoms with Gasteiger partial charge in [0.25, 0.3) is 0 Å². The summed E-state index contributed by atoms with van der Waals surface area (Å²) in [6.45, 7) is 8.92. The molecule has 118 valence electrons. The first-order valence-corrected chi connectivity index (χ1v) is 6.92. The van der Waals surface area contributed by atoms with E-state index in [1.807, 2.05) is 0 Å². The third-order valence-electron chi connectivity index (χ3n) is 3.09. The van der Waals surface area contributed by atoms with Gasteiger partial charge in [-0.2, -0.15) is 0 Å². The second-order valence-electron chi connectivity index (χ2n) is 4.26. The maximum Gasteiger partial charge on any atom is 0.129 e. The largest absolute Gasteiger partial charge is 0.312 e. The van der Waals surface area contributed by atoms with Gasteiger partial charge in [-0.15, -0.1) is 24.8 Å². The summed E-state index contributed by atoms with van der Waals surface area (Å²) in [5.41, 5.74) is 0.557. The lowest BCUT2D eigenvalue weighted by molar-refractivity contribution is 0.298. The molecule has 1 aromatic carbocycles. The Bertz CT molecular complexity index is 340. The van der Waals surface area contributed by atoms with Crippen molar-refractivity contribution in [2.45, 2.75) is 26.8 Å². The van der Waals surface area contributed by atoms with E-state index in [2.05, 4.69) is 24.1 Å². The van der Waals surface area contributed by atoms with E-state index in [0.717, 1.165) is 32.6 Å². The maximum atomic E-state index is 13.5. The minimum atomic E-state index is -0.237. The van der Waals surface area contributed by atoms with E-state index in [9.17, 15) is 4.39 Å². The zero-order chi connectivity index (χ0) is 13.4. The zero-order valence-electron chi connectivity index (χ0n) is 12.0. The van der Waals surface area contributed by atoms with E-state index in [-0.39, 0.29) is 30.6 Å². The molecule has 0 atom stereocenters. The van der Waals surface area contributed by atoms with Crippen LogP contribution in [0.2, 0.25) is 5.02 Å². The van der Waals surface area contributed by atoms with Crippen LogP contribution in [0.4, 0.5) is 4.39 Å². The second-order valence-corrected chi connectivity index (χ2v) is 4.66. The van der Waals surface area contributed by atoms with Crippen LogP contribution in [0.5, 0.6) is 0 Å². The lowest BCUT2D eigenvalue weighted by Gasteiger charge is -2.17. The van der Waals surface area contributed by atoms with E-state index >= 15 is 0 Å². The Labute approximate surface area is 138 Å². The average molecular weight is 346 g/mol. The quantitative estimate of drug-likeness (QED) is 0.712. The Morgan fingerprint density at radius 1 is 1.20 bits per heavy atom. The number of nitrogens with one attached hydrogen (secondary N) is 1. The molecule has 0 aliphatic carbocycles. The number of hydrogen-bond donors (Lipinski definition) is 1. The summed E-state index contributed by atoms with van der Waals surface area (Å²) in [5.74, 6) is -0.237. The van der Waals surface area contributed by atoms with Gasteiger partial charge < -0.3 is 10.2 Å². The number of nitrogens with zero attached hydrogens (tertiary/aromatic N) is 1. The first-order valence-electron chi connectivity index (χ1n) is 6.55. The van der Waals surface area contributed by atoms with Crippen LogP contribution in [0.1, 0.15) is 25.8 Å². The summed E-state index contributed by atoms with van der Waals surface area (Å²) < 4.78 is 13.5. The van der Waals surface area contributed by atoms with Gasteiger partial charge in [-0.1, -0.05) is 31.5 Å². The first kappa shape index (κ1) is 22.2. The highest BCUT2D eigenvalue weighted by Crippen LogP contribution is 2.18. The molecule has 0 bridgehead atoms. The van der Waals surface area contributed by atoms with Crippen molar-refractivity contribution in [2.75, 3.05) is 26.2 Å².